The summed E-state index contributed by atoms with van der Waals surface area (Å²) in [5.74, 6) is 0.500. The standard InChI is InChI=1S/2C24H20B.2C11H12N6.3C3H6O.2CO.2Rh/c2*1-5-13-21(14-6-1)25(22-15-7-2-8-16-22,23-17-9-3-10-18-23)24-19-11-4-12-20-24;2*1-3-12-16(5-1)10-14-7-8-15(9-14)11-17-6-2-4-13-17;3*1-3(2)4;2*1-2;;/h2*1-20H;2*1-8H,10-11H2;3*1-2H3;;;;/q2*-1;;;;;;;;;. The summed E-state index contributed by atoms with van der Waals surface area (Å²) in [4.78, 5) is 28.3. The molecule has 0 aliphatic heterocycles. The molecule has 2 radical (unpaired) electrons. The maximum atomic E-state index is 9.44. The number of carbonyl (C=O) groups is 3. The van der Waals surface area contributed by atoms with Gasteiger partial charge in [0, 0.05) is 88.5 Å². The van der Waals surface area contributed by atoms with Crippen LogP contribution in [0.3, 0.4) is 0 Å². The van der Waals surface area contributed by atoms with Crippen molar-refractivity contribution in [3.63, 3.8) is 0 Å². The summed E-state index contributed by atoms with van der Waals surface area (Å²) < 4.78 is 30.1. The summed E-state index contributed by atoms with van der Waals surface area (Å²) in [7, 11) is 0. The van der Waals surface area contributed by atoms with E-state index in [2.05, 4.69) is 289 Å². The van der Waals surface area contributed by atoms with Gasteiger partial charge in [-0.1, -0.05) is 243 Å². The zero-order valence-electron chi connectivity index (χ0n) is 57.9. The molecular weight excluding hydrogens is 1450 g/mol. The number of hydrogen-bond donors (Lipinski definition) is 0. The van der Waals surface area contributed by atoms with Crippen molar-refractivity contribution in [1.82, 2.24) is 48.3 Å². The molecule has 6 heterocycles. The maximum absolute atomic E-state index is 9.44. The zero-order chi connectivity index (χ0) is 71.6. The second-order valence-electron chi connectivity index (χ2n) is 23.2. The Kier molecular flexibility index (Phi) is 37.8. The molecule has 21 heteroatoms. The van der Waals surface area contributed by atoms with Crippen LogP contribution >= 0.6 is 0 Å². The molecule has 0 N–H and O–H groups in total. The summed E-state index contributed by atoms with van der Waals surface area (Å²) >= 11 is 0. The van der Waals surface area contributed by atoms with Crippen LogP contribution in [-0.2, 0) is 89.3 Å². The summed E-state index contributed by atoms with van der Waals surface area (Å²) in [6, 6.07) is 94.7. The normalized spacial score (nSPS) is 9.90. The van der Waals surface area contributed by atoms with Crippen LogP contribution in [0, 0.1) is 26.0 Å². The second-order valence-corrected chi connectivity index (χ2v) is 23.2. The Morgan fingerprint density at radius 1 is 0.314 bits per heavy atom. The summed E-state index contributed by atoms with van der Waals surface area (Å²) in [6.07, 6.45) is 26.6. The quantitative estimate of drug-likeness (QED) is 0.0410. The smallest absolute Gasteiger partial charge is 0.206 e. The van der Waals surface area contributed by atoms with Crippen LogP contribution in [0.15, 0.2) is 341 Å². The average molecular weight is 1530 g/mol. The number of carbonyl (C=O) groups excluding carboxylic acids is 3. The van der Waals surface area contributed by atoms with Crippen LogP contribution in [0.2, 0.25) is 0 Å². The van der Waals surface area contributed by atoms with Gasteiger partial charge in [0.05, 0.1) is 0 Å². The minimum Gasteiger partial charge on any atom is -0.333 e. The predicted molar refractivity (Wildman–Crippen MR) is 394 cm³/mol. The van der Waals surface area contributed by atoms with E-state index in [9.17, 15) is 14.4 Å². The minimum atomic E-state index is -1.22. The van der Waals surface area contributed by atoms with Crippen molar-refractivity contribution in [2.45, 2.75) is 68.2 Å². The van der Waals surface area contributed by atoms with Crippen LogP contribution in [0.1, 0.15) is 41.5 Å². The van der Waals surface area contributed by atoms with Gasteiger partial charge >= 0.3 is 22.6 Å². The van der Waals surface area contributed by atoms with E-state index >= 15 is 0 Å². The third-order valence-corrected chi connectivity index (χ3v) is 15.2. The van der Waals surface area contributed by atoms with Crippen molar-refractivity contribution in [3.8, 4) is 0 Å². The molecule has 0 aliphatic rings. The molecule has 0 bridgehead atoms. The molecule has 0 saturated carbocycles. The number of hydrogen-bond acceptors (Lipinski definition) is 7. The number of nitrogens with zero attached hydrogens (tertiary/aromatic N) is 12. The Labute approximate surface area is 624 Å². The van der Waals surface area contributed by atoms with Crippen molar-refractivity contribution in [2.75, 3.05) is 0 Å². The summed E-state index contributed by atoms with van der Waals surface area (Å²) in [5, 5.41) is 16.6. The molecule has 14 rings (SSSR count). The van der Waals surface area contributed by atoms with E-state index < -0.39 is 12.3 Å². The van der Waals surface area contributed by atoms with Crippen molar-refractivity contribution in [3.05, 3.63) is 367 Å². The van der Waals surface area contributed by atoms with E-state index in [1.54, 1.807) is 24.8 Å². The molecule has 102 heavy (non-hydrogen) atoms. The van der Waals surface area contributed by atoms with E-state index in [0.717, 1.165) is 0 Å². The molecule has 14 aromatic rings. The molecule has 0 fully saturated rings. The van der Waals surface area contributed by atoms with Gasteiger partial charge < -0.3 is 32.7 Å². The number of aromatic nitrogens is 12. The van der Waals surface area contributed by atoms with E-state index in [-0.39, 0.29) is 56.3 Å². The molecule has 0 aliphatic carbocycles. The van der Waals surface area contributed by atoms with Crippen LogP contribution < -0.4 is 52.8 Å². The number of ketones is 3. The SMILES string of the molecule is CC(C)=O.CC(C)=O.CC(C)=O.[C-]#[O+].[C-]#[O+].[Rh].[Rh].[c-]1n(Cn2cccn2)cc[n+]1Cn1cccn1.[c-]1n(Cn2cccn2)cc[n+]1Cn1cccn1.c1ccc([B-](c2ccccc2)(c2ccccc2)c2ccccc2)cc1.c1ccc([B-](c2ccccc2)(c2ccccc2)c2ccccc2)cc1. The van der Waals surface area contributed by atoms with Gasteiger partial charge in [0.1, 0.15) is 29.6 Å². The fourth-order valence-corrected chi connectivity index (χ4v) is 11.5. The first-order valence-electron chi connectivity index (χ1n) is 32.3. The van der Waals surface area contributed by atoms with Gasteiger partial charge in [-0.2, -0.15) is 64.1 Å². The van der Waals surface area contributed by atoms with Crippen LogP contribution in [0.4, 0.5) is 0 Å². The Balaban J connectivity index is 0.000000270. The molecular formula is C81H82B2N12O5Rh2-2. The largest absolute Gasteiger partial charge is 0.333 e. The Hall–Kier alpha value is -11.1. The van der Waals surface area contributed by atoms with Crippen LogP contribution in [0.25, 0.3) is 0 Å². The van der Waals surface area contributed by atoms with Crippen LogP contribution in [-0.4, -0.2) is 77.9 Å². The van der Waals surface area contributed by atoms with Crippen molar-refractivity contribution in [1.29, 1.82) is 0 Å². The summed E-state index contributed by atoms with van der Waals surface area (Å²) in [5.41, 5.74) is 10.7. The molecule has 17 nitrogen and oxygen atoms in total. The Morgan fingerprint density at radius 2 is 0.490 bits per heavy atom. The number of benzene rings is 8. The van der Waals surface area contributed by atoms with E-state index in [1.165, 1.54) is 85.2 Å². The second kappa shape index (κ2) is 46.3. The molecule has 6 aromatic heterocycles. The van der Waals surface area contributed by atoms with Crippen LogP contribution in [0.5, 0.6) is 0 Å². The van der Waals surface area contributed by atoms with Gasteiger partial charge in [-0.25, -0.2) is 18.7 Å². The summed E-state index contributed by atoms with van der Waals surface area (Å²) in [6.45, 7) is 20.8. The average Bonchev–Trinajstić information content (AvgIpc) is 0.869. The van der Waals surface area contributed by atoms with Gasteiger partial charge in [-0.3, -0.25) is 0 Å². The molecule has 0 spiro atoms. The van der Waals surface area contributed by atoms with E-state index in [4.69, 9.17) is 9.30 Å². The van der Waals surface area contributed by atoms with Crippen molar-refractivity contribution in [2.24, 2.45) is 0 Å². The fraction of sp³-hybridized carbons (Fsp3) is 0.123. The predicted octanol–water partition coefficient (Wildman–Crippen LogP) is 7.79. The van der Waals surface area contributed by atoms with Crippen molar-refractivity contribution < 1.29 is 71.8 Å². The minimum absolute atomic E-state index is 0. The molecule has 8 aromatic carbocycles. The molecule has 0 amide bonds. The third kappa shape index (κ3) is 25.9. The molecule has 522 valence electrons. The first-order chi connectivity index (χ1) is 48.8. The van der Waals surface area contributed by atoms with Gasteiger partial charge in [-0.15, -0.1) is 0 Å². The molecule has 0 unspecified atom stereocenters. The first-order valence-corrected chi connectivity index (χ1v) is 32.3. The Bertz CT molecular complexity index is 3780. The van der Waals surface area contributed by atoms with E-state index in [0.29, 0.717) is 26.7 Å². The topological polar surface area (TPSA) is 180 Å². The monoisotopic (exact) mass is 1530 g/mol. The number of imidazole rings is 2. The Morgan fingerprint density at radius 3 is 0.657 bits per heavy atom. The van der Waals surface area contributed by atoms with Gasteiger partial charge in [-0.05, 0) is 90.6 Å². The molecule has 0 saturated heterocycles. The van der Waals surface area contributed by atoms with Gasteiger partial charge in [0.15, 0.2) is 26.7 Å². The zero-order valence-corrected chi connectivity index (χ0v) is 61.2. The first kappa shape index (κ1) is 83.3. The van der Waals surface area contributed by atoms with Gasteiger partial charge in [0.25, 0.3) is 0 Å². The fourth-order valence-electron chi connectivity index (χ4n) is 11.5. The van der Waals surface area contributed by atoms with Crippen molar-refractivity contribution >= 4 is 73.3 Å². The maximum Gasteiger partial charge on any atom is 0.206 e. The molecule has 0 atom stereocenters. The van der Waals surface area contributed by atoms with Gasteiger partial charge in [0.2, 0.25) is 12.7 Å². The van der Waals surface area contributed by atoms with E-state index in [1.807, 2.05) is 111 Å². The number of rotatable bonds is 16. The third-order valence-electron chi connectivity index (χ3n) is 15.2. The number of Topliss-reactive ketones (excluding diaryl/α,β-unsaturated/α-hetero) is 3.